The van der Waals surface area contributed by atoms with E-state index in [1.807, 2.05) is 20.8 Å². The highest BCUT2D eigenvalue weighted by atomic mass is 16.6. The summed E-state index contributed by atoms with van der Waals surface area (Å²) in [7, 11) is 0. The molecule has 0 saturated carbocycles. The number of nitro groups is 1. The Morgan fingerprint density at radius 1 is 1.56 bits per heavy atom. The first-order valence-electron chi connectivity index (χ1n) is 5.42. The number of carboxylic acids is 1. The molecule has 100 valence electrons. The fourth-order valence-corrected chi connectivity index (χ4v) is 1.41. The minimum atomic E-state index is -1.20. The Bertz CT molecular complexity index is 458. The predicted molar refractivity (Wildman–Crippen MR) is 63.8 cm³/mol. The zero-order valence-corrected chi connectivity index (χ0v) is 10.5. The fraction of sp³-hybridized carbons (Fsp3) is 0.545. The van der Waals surface area contributed by atoms with Crippen molar-refractivity contribution in [2.75, 3.05) is 6.61 Å². The van der Waals surface area contributed by atoms with E-state index >= 15 is 0 Å². The summed E-state index contributed by atoms with van der Waals surface area (Å²) in [5, 5.41) is 19.5. The Morgan fingerprint density at radius 2 is 2.17 bits per heavy atom. The average molecular weight is 256 g/mol. The maximum Gasteiger partial charge on any atom is 0.352 e. The summed E-state index contributed by atoms with van der Waals surface area (Å²) in [4.78, 5) is 20.9. The van der Waals surface area contributed by atoms with Crippen LogP contribution in [0.15, 0.2) is 12.3 Å². The molecule has 1 aromatic rings. The average Bonchev–Trinajstić information content (AvgIpc) is 2.59. The SMILES string of the molecule is CC(C)(C)OCCn1cc([N+](=O)[O-])cc1C(=O)O. The van der Waals surface area contributed by atoms with Gasteiger partial charge in [-0.2, -0.15) is 0 Å². The second kappa shape index (κ2) is 5.18. The van der Waals surface area contributed by atoms with Gasteiger partial charge in [-0.3, -0.25) is 10.1 Å². The first-order chi connectivity index (χ1) is 8.20. The van der Waals surface area contributed by atoms with E-state index < -0.39 is 10.9 Å². The number of hydrogen-bond acceptors (Lipinski definition) is 4. The van der Waals surface area contributed by atoms with Crippen LogP contribution in [0.4, 0.5) is 5.69 Å². The van der Waals surface area contributed by atoms with Gasteiger partial charge in [-0.15, -0.1) is 0 Å². The molecule has 1 rings (SSSR count). The lowest BCUT2D eigenvalue weighted by Crippen LogP contribution is -2.22. The van der Waals surface area contributed by atoms with Crippen LogP contribution in [-0.4, -0.2) is 32.8 Å². The smallest absolute Gasteiger partial charge is 0.352 e. The molecule has 0 atom stereocenters. The van der Waals surface area contributed by atoms with E-state index in [4.69, 9.17) is 9.84 Å². The number of nitrogens with zero attached hydrogens (tertiary/aromatic N) is 2. The van der Waals surface area contributed by atoms with Crippen molar-refractivity contribution in [2.45, 2.75) is 32.9 Å². The summed E-state index contributed by atoms with van der Waals surface area (Å²) in [5.41, 5.74) is -0.676. The topological polar surface area (TPSA) is 94.6 Å². The standard InChI is InChI=1S/C11H16N2O5/c1-11(2,3)18-5-4-12-7-8(13(16)17)6-9(12)10(14)15/h6-7H,4-5H2,1-3H3,(H,14,15). The van der Waals surface area contributed by atoms with E-state index in [9.17, 15) is 14.9 Å². The highest BCUT2D eigenvalue weighted by molar-refractivity contribution is 5.86. The molecule has 1 heterocycles. The van der Waals surface area contributed by atoms with Crippen molar-refractivity contribution >= 4 is 11.7 Å². The molecular weight excluding hydrogens is 240 g/mol. The molecule has 0 saturated heterocycles. The second-order valence-corrected chi connectivity index (χ2v) is 4.80. The number of hydrogen-bond donors (Lipinski definition) is 1. The minimum absolute atomic E-state index is 0.112. The first-order valence-corrected chi connectivity index (χ1v) is 5.42. The second-order valence-electron chi connectivity index (χ2n) is 4.80. The van der Waals surface area contributed by atoms with Gasteiger partial charge in [-0.05, 0) is 20.8 Å². The van der Waals surface area contributed by atoms with Crippen molar-refractivity contribution in [1.29, 1.82) is 0 Å². The van der Waals surface area contributed by atoms with Crippen LogP contribution in [0.2, 0.25) is 0 Å². The van der Waals surface area contributed by atoms with E-state index in [1.54, 1.807) is 0 Å². The molecule has 0 unspecified atom stereocenters. The normalized spacial score (nSPS) is 11.5. The Labute approximate surface area is 104 Å². The number of aromatic nitrogens is 1. The predicted octanol–water partition coefficient (Wildman–Crippen LogP) is 1.91. The van der Waals surface area contributed by atoms with Crippen molar-refractivity contribution in [2.24, 2.45) is 0 Å². The van der Waals surface area contributed by atoms with Gasteiger partial charge in [-0.25, -0.2) is 4.79 Å². The zero-order valence-electron chi connectivity index (χ0n) is 10.5. The van der Waals surface area contributed by atoms with Crippen molar-refractivity contribution in [1.82, 2.24) is 4.57 Å². The highest BCUT2D eigenvalue weighted by Gasteiger charge is 2.19. The monoisotopic (exact) mass is 256 g/mol. The van der Waals surface area contributed by atoms with Crippen molar-refractivity contribution in [3.63, 3.8) is 0 Å². The molecule has 7 nitrogen and oxygen atoms in total. The Balaban J connectivity index is 2.81. The third-order valence-corrected chi connectivity index (χ3v) is 2.18. The van der Waals surface area contributed by atoms with Gasteiger partial charge in [0.05, 0.1) is 23.3 Å². The van der Waals surface area contributed by atoms with Crippen LogP contribution in [0.25, 0.3) is 0 Å². The Morgan fingerprint density at radius 3 is 2.61 bits per heavy atom. The summed E-state index contributed by atoms with van der Waals surface area (Å²) >= 11 is 0. The highest BCUT2D eigenvalue weighted by Crippen LogP contribution is 2.17. The molecule has 0 bridgehead atoms. The van der Waals surface area contributed by atoms with Crippen molar-refractivity contribution < 1.29 is 19.6 Å². The van der Waals surface area contributed by atoms with Crippen LogP contribution in [0.5, 0.6) is 0 Å². The molecule has 1 N–H and O–H groups in total. The lowest BCUT2D eigenvalue weighted by molar-refractivity contribution is -0.384. The molecule has 0 aliphatic heterocycles. The fourth-order valence-electron chi connectivity index (χ4n) is 1.41. The maximum absolute atomic E-state index is 10.9. The van der Waals surface area contributed by atoms with Gasteiger partial charge in [0.2, 0.25) is 0 Å². The van der Waals surface area contributed by atoms with Gasteiger partial charge in [0.25, 0.3) is 5.69 Å². The molecule has 7 heteroatoms. The van der Waals surface area contributed by atoms with E-state index in [1.165, 1.54) is 10.8 Å². The molecule has 1 aromatic heterocycles. The Kier molecular flexibility index (Phi) is 4.07. The van der Waals surface area contributed by atoms with Crippen LogP contribution in [0.3, 0.4) is 0 Å². The third kappa shape index (κ3) is 3.85. The van der Waals surface area contributed by atoms with Crippen molar-refractivity contribution in [3.8, 4) is 0 Å². The third-order valence-electron chi connectivity index (χ3n) is 2.18. The molecule has 0 aliphatic rings. The van der Waals surface area contributed by atoms with Crippen molar-refractivity contribution in [3.05, 3.63) is 28.1 Å². The molecule has 0 spiro atoms. The maximum atomic E-state index is 10.9. The Hall–Kier alpha value is -1.89. The molecule has 18 heavy (non-hydrogen) atoms. The van der Waals surface area contributed by atoms with Gasteiger partial charge in [0.1, 0.15) is 5.69 Å². The van der Waals surface area contributed by atoms with E-state index in [2.05, 4.69) is 0 Å². The molecular formula is C11H16N2O5. The number of carbonyl (C=O) groups is 1. The number of aromatic carboxylic acids is 1. The molecule has 0 amide bonds. The lowest BCUT2D eigenvalue weighted by atomic mass is 10.2. The summed E-state index contributed by atoms with van der Waals surface area (Å²) in [6.07, 6.45) is 1.20. The van der Waals surface area contributed by atoms with Gasteiger partial charge < -0.3 is 14.4 Å². The lowest BCUT2D eigenvalue weighted by Gasteiger charge is -2.19. The number of ether oxygens (including phenoxy) is 1. The quantitative estimate of drug-likeness (QED) is 0.641. The molecule has 0 aromatic carbocycles. The van der Waals surface area contributed by atoms with Gasteiger partial charge >= 0.3 is 5.97 Å². The van der Waals surface area contributed by atoms with Crippen LogP contribution in [0, 0.1) is 10.1 Å². The molecule has 0 radical (unpaired) electrons. The van der Waals surface area contributed by atoms with Crippen LogP contribution in [0.1, 0.15) is 31.3 Å². The van der Waals surface area contributed by atoms with E-state index in [0.29, 0.717) is 0 Å². The largest absolute Gasteiger partial charge is 0.477 e. The first kappa shape index (κ1) is 14.2. The van der Waals surface area contributed by atoms with Gasteiger partial charge in [-0.1, -0.05) is 0 Å². The summed E-state index contributed by atoms with van der Waals surface area (Å²) < 4.78 is 6.77. The number of carboxylic acid groups (broad SMARTS) is 1. The van der Waals surface area contributed by atoms with Crippen LogP contribution >= 0.6 is 0 Å². The molecule has 0 aliphatic carbocycles. The summed E-state index contributed by atoms with van der Waals surface area (Å²) in [6, 6.07) is 1.04. The minimum Gasteiger partial charge on any atom is -0.477 e. The molecule has 0 fully saturated rings. The van der Waals surface area contributed by atoms with E-state index in [0.717, 1.165) is 6.07 Å². The zero-order chi connectivity index (χ0) is 13.9. The summed E-state index contributed by atoms with van der Waals surface area (Å²) in [6.45, 7) is 6.18. The van der Waals surface area contributed by atoms with Crippen LogP contribution in [-0.2, 0) is 11.3 Å². The number of rotatable bonds is 5. The van der Waals surface area contributed by atoms with Gasteiger partial charge in [0.15, 0.2) is 0 Å². The summed E-state index contributed by atoms with van der Waals surface area (Å²) in [5.74, 6) is -1.20. The van der Waals surface area contributed by atoms with Gasteiger partial charge in [0, 0.05) is 12.6 Å². The van der Waals surface area contributed by atoms with Crippen LogP contribution < -0.4 is 0 Å². The van der Waals surface area contributed by atoms with E-state index in [-0.39, 0.29) is 30.1 Å².